The summed E-state index contributed by atoms with van der Waals surface area (Å²) in [5, 5.41) is 2.81. The van der Waals surface area contributed by atoms with E-state index >= 15 is 0 Å². The van der Waals surface area contributed by atoms with Crippen molar-refractivity contribution in [1.29, 1.82) is 0 Å². The summed E-state index contributed by atoms with van der Waals surface area (Å²) in [7, 11) is 1.48. The molecule has 0 saturated carbocycles. The Bertz CT molecular complexity index is 616. The highest BCUT2D eigenvalue weighted by Crippen LogP contribution is 2.23. The number of halogens is 1. The zero-order valence-electron chi connectivity index (χ0n) is 11.7. The van der Waals surface area contributed by atoms with E-state index in [0.29, 0.717) is 11.1 Å². The molecular weight excluding hydrogens is 286 g/mol. The maximum absolute atomic E-state index is 12.2. The second-order valence-electron chi connectivity index (χ2n) is 5.55. The van der Waals surface area contributed by atoms with Crippen molar-refractivity contribution < 1.29 is 13.2 Å². The van der Waals surface area contributed by atoms with Crippen LogP contribution < -0.4 is 5.32 Å². The molecule has 1 aromatic carbocycles. The van der Waals surface area contributed by atoms with Crippen molar-refractivity contribution in [2.45, 2.75) is 45.1 Å². The summed E-state index contributed by atoms with van der Waals surface area (Å²) in [6, 6.07) is 2.78. The first-order chi connectivity index (χ1) is 8.42. The van der Waals surface area contributed by atoms with Gasteiger partial charge in [0.2, 0.25) is 0 Å². The molecule has 0 heterocycles. The Labute approximate surface area is 118 Å². The first-order valence-corrected chi connectivity index (χ1v) is 8.11. The minimum Gasteiger partial charge on any atom is -0.347 e. The van der Waals surface area contributed by atoms with Crippen LogP contribution in [0.25, 0.3) is 0 Å². The van der Waals surface area contributed by atoms with Gasteiger partial charge in [-0.1, -0.05) is 0 Å². The van der Waals surface area contributed by atoms with Gasteiger partial charge in [0.15, 0.2) is 0 Å². The Kier molecular flexibility index (Phi) is 4.32. The van der Waals surface area contributed by atoms with Crippen LogP contribution in [0.2, 0.25) is 0 Å². The number of aryl methyl sites for hydroxylation is 1. The van der Waals surface area contributed by atoms with Crippen LogP contribution in [0.5, 0.6) is 0 Å². The lowest BCUT2D eigenvalue weighted by atomic mass is 10.0. The van der Waals surface area contributed by atoms with Crippen LogP contribution in [0.1, 0.15) is 42.3 Å². The number of carbonyl (C=O) groups is 1. The van der Waals surface area contributed by atoms with Crippen LogP contribution >= 0.6 is 10.7 Å². The summed E-state index contributed by atoms with van der Waals surface area (Å²) >= 11 is 0. The van der Waals surface area contributed by atoms with Gasteiger partial charge in [-0.05, 0) is 57.9 Å². The first-order valence-electron chi connectivity index (χ1n) is 5.80. The van der Waals surface area contributed by atoms with Gasteiger partial charge in [-0.3, -0.25) is 4.79 Å². The molecule has 0 saturated heterocycles. The molecule has 19 heavy (non-hydrogen) atoms. The molecule has 106 valence electrons. The fourth-order valence-corrected chi connectivity index (χ4v) is 2.45. The molecule has 0 atom stereocenters. The summed E-state index contributed by atoms with van der Waals surface area (Å²) in [6.07, 6.45) is 0. The predicted octanol–water partition coefficient (Wildman–Crippen LogP) is 2.76. The molecule has 1 N–H and O–H groups in total. The third-order valence-electron chi connectivity index (χ3n) is 2.66. The van der Waals surface area contributed by atoms with E-state index in [0.717, 1.165) is 5.56 Å². The van der Waals surface area contributed by atoms with Gasteiger partial charge >= 0.3 is 0 Å². The molecule has 0 aliphatic rings. The molecule has 1 rings (SSSR count). The number of hydrogen-bond donors (Lipinski definition) is 1. The molecule has 0 aromatic heterocycles. The lowest BCUT2D eigenvalue weighted by molar-refractivity contribution is 0.0918. The van der Waals surface area contributed by atoms with Crippen LogP contribution in [-0.2, 0) is 9.05 Å². The number of benzene rings is 1. The van der Waals surface area contributed by atoms with Gasteiger partial charge in [-0.2, -0.15) is 0 Å². The molecule has 0 unspecified atom stereocenters. The van der Waals surface area contributed by atoms with E-state index in [-0.39, 0.29) is 10.8 Å². The fourth-order valence-electron chi connectivity index (χ4n) is 1.61. The lowest BCUT2D eigenvalue weighted by Gasteiger charge is -2.21. The van der Waals surface area contributed by atoms with Gasteiger partial charge in [-0.15, -0.1) is 0 Å². The Balaban J connectivity index is 3.36. The molecule has 1 amide bonds. The van der Waals surface area contributed by atoms with Crippen molar-refractivity contribution in [3.63, 3.8) is 0 Å². The summed E-state index contributed by atoms with van der Waals surface area (Å²) < 4.78 is 22.8. The predicted molar refractivity (Wildman–Crippen MR) is 76.2 cm³/mol. The highest BCUT2D eigenvalue weighted by atomic mass is 35.7. The van der Waals surface area contributed by atoms with Crippen LogP contribution in [0.3, 0.4) is 0 Å². The maximum atomic E-state index is 12.2. The average molecular weight is 304 g/mol. The summed E-state index contributed by atoms with van der Waals surface area (Å²) in [5.74, 6) is -0.310. The van der Waals surface area contributed by atoms with Crippen LogP contribution in [0, 0.1) is 13.8 Å². The Morgan fingerprint density at radius 3 is 2.16 bits per heavy atom. The molecule has 4 nitrogen and oxygen atoms in total. The normalized spacial score (nSPS) is 12.3. The monoisotopic (exact) mass is 303 g/mol. The van der Waals surface area contributed by atoms with E-state index in [2.05, 4.69) is 5.32 Å². The van der Waals surface area contributed by atoms with Crippen molar-refractivity contribution in [1.82, 2.24) is 5.32 Å². The second kappa shape index (κ2) is 5.13. The number of carbonyl (C=O) groups excluding carboxylic acids is 1. The van der Waals surface area contributed by atoms with E-state index in [1.165, 1.54) is 12.1 Å². The molecule has 0 radical (unpaired) electrons. The largest absolute Gasteiger partial charge is 0.347 e. The van der Waals surface area contributed by atoms with E-state index < -0.39 is 14.6 Å². The van der Waals surface area contributed by atoms with Crippen molar-refractivity contribution in [3.05, 3.63) is 28.8 Å². The minimum atomic E-state index is -3.85. The zero-order chi connectivity index (χ0) is 15.0. The standard InChI is InChI=1S/C13H18ClNO3S/c1-8-6-10(19(14,17)18)7-11(9(8)2)12(16)15-13(3,4)5/h6-7H,1-5H3,(H,15,16). The summed E-state index contributed by atoms with van der Waals surface area (Å²) in [4.78, 5) is 12.1. The SMILES string of the molecule is Cc1cc(S(=O)(=O)Cl)cc(C(=O)NC(C)(C)C)c1C. The highest BCUT2D eigenvalue weighted by molar-refractivity contribution is 8.13. The van der Waals surface area contributed by atoms with Gasteiger partial charge in [-0.25, -0.2) is 8.42 Å². The maximum Gasteiger partial charge on any atom is 0.261 e. The van der Waals surface area contributed by atoms with Gasteiger partial charge in [0.1, 0.15) is 0 Å². The average Bonchev–Trinajstić information content (AvgIpc) is 2.17. The van der Waals surface area contributed by atoms with Gasteiger partial charge in [0.05, 0.1) is 4.90 Å². The molecule has 0 aliphatic carbocycles. The minimum absolute atomic E-state index is 0.0590. The second-order valence-corrected chi connectivity index (χ2v) is 8.12. The number of rotatable bonds is 2. The highest BCUT2D eigenvalue weighted by Gasteiger charge is 2.21. The van der Waals surface area contributed by atoms with E-state index in [9.17, 15) is 13.2 Å². The van der Waals surface area contributed by atoms with Crippen LogP contribution in [-0.4, -0.2) is 19.9 Å². The van der Waals surface area contributed by atoms with Gasteiger partial charge in [0.25, 0.3) is 15.0 Å². The van der Waals surface area contributed by atoms with Gasteiger partial charge in [0, 0.05) is 21.8 Å². The number of nitrogens with one attached hydrogen (secondary N) is 1. The van der Waals surface area contributed by atoms with Crippen molar-refractivity contribution in [2.75, 3.05) is 0 Å². The molecule has 6 heteroatoms. The first kappa shape index (κ1) is 16.0. The Morgan fingerprint density at radius 1 is 1.21 bits per heavy atom. The van der Waals surface area contributed by atoms with Crippen molar-refractivity contribution in [2.24, 2.45) is 0 Å². The lowest BCUT2D eigenvalue weighted by Crippen LogP contribution is -2.41. The number of hydrogen-bond acceptors (Lipinski definition) is 3. The summed E-state index contributed by atoms with van der Waals surface area (Å²) in [5.41, 5.74) is 1.38. The molecule has 0 fully saturated rings. The quantitative estimate of drug-likeness (QED) is 0.855. The third kappa shape index (κ3) is 4.21. The Hall–Kier alpha value is -1.07. The number of amides is 1. The van der Waals surface area contributed by atoms with Crippen molar-refractivity contribution in [3.8, 4) is 0 Å². The van der Waals surface area contributed by atoms with Crippen LogP contribution in [0.4, 0.5) is 0 Å². The smallest absolute Gasteiger partial charge is 0.261 e. The van der Waals surface area contributed by atoms with Crippen molar-refractivity contribution >= 4 is 25.6 Å². The molecule has 0 aliphatic heterocycles. The van der Waals surface area contributed by atoms with Gasteiger partial charge < -0.3 is 5.32 Å². The Morgan fingerprint density at radius 2 is 1.74 bits per heavy atom. The fraction of sp³-hybridized carbons (Fsp3) is 0.462. The third-order valence-corrected chi connectivity index (χ3v) is 3.99. The summed E-state index contributed by atoms with van der Waals surface area (Å²) in [6.45, 7) is 9.09. The molecule has 1 aromatic rings. The van der Waals surface area contributed by atoms with E-state index in [4.69, 9.17) is 10.7 Å². The zero-order valence-corrected chi connectivity index (χ0v) is 13.2. The van der Waals surface area contributed by atoms with Crippen LogP contribution in [0.15, 0.2) is 17.0 Å². The molecular formula is C13H18ClNO3S. The molecule has 0 bridgehead atoms. The van der Waals surface area contributed by atoms with E-state index in [1.807, 2.05) is 20.8 Å². The van der Waals surface area contributed by atoms with E-state index in [1.54, 1.807) is 13.8 Å². The topological polar surface area (TPSA) is 63.2 Å². The molecule has 0 spiro atoms.